The number of nitrogens with zero attached hydrogens (tertiary/aromatic N) is 1. The van der Waals surface area contributed by atoms with Crippen molar-refractivity contribution in [3.8, 4) is 0 Å². The number of hydrogen-bond donors (Lipinski definition) is 2. The van der Waals surface area contributed by atoms with Crippen LogP contribution in [0.5, 0.6) is 0 Å². The van der Waals surface area contributed by atoms with E-state index in [1.807, 2.05) is 24.3 Å². The van der Waals surface area contributed by atoms with Crippen molar-refractivity contribution in [1.82, 2.24) is 5.32 Å². The lowest BCUT2D eigenvalue weighted by atomic mass is 10.1. The maximum Gasteiger partial charge on any atom is 0.240 e. The van der Waals surface area contributed by atoms with Gasteiger partial charge in [0, 0.05) is 17.4 Å². The lowest BCUT2D eigenvalue weighted by Crippen LogP contribution is -2.28. The predicted molar refractivity (Wildman–Crippen MR) is 98.7 cm³/mol. The average molecular weight is 398 g/mol. The first-order chi connectivity index (χ1) is 11.0. The summed E-state index contributed by atoms with van der Waals surface area (Å²) in [5.74, 6) is 0.237. The normalized spacial score (nSPS) is 19.2. The fourth-order valence-corrected chi connectivity index (χ4v) is 3.35. The van der Waals surface area contributed by atoms with Crippen LogP contribution in [0.2, 0.25) is 0 Å². The molecule has 0 unspecified atom stereocenters. The van der Waals surface area contributed by atoms with Crippen LogP contribution in [-0.2, 0) is 9.59 Å². The Kier molecular flexibility index (Phi) is 6.65. The van der Waals surface area contributed by atoms with E-state index < -0.39 is 5.25 Å². The van der Waals surface area contributed by atoms with Crippen molar-refractivity contribution in [2.24, 2.45) is 10.9 Å². The molecular formula is C16H20BrN3O2S. The van der Waals surface area contributed by atoms with Crippen molar-refractivity contribution in [2.45, 2.75) is 31.9 Å². The summed E-state index contributed by atoms with van der Waals surface area (Å²) < 4.78 is 0.813. The summed E-state index contributed by atoms with van der Waals surface area (Å²) in [4.78, 5) is 28.4. The molecule has 1 atom stereocenters. The Labute approximate surface area is 148 Å². The van der Waals surface area contributed by atoms with Crippen LogP contribution in [0.15, 0.2) is 33.7 Å². The molecule has 1 aliphatic heterocycles. The highest BCUT2D eigenvalue weighted by atomic mass is 79.9. The zero-order valence-corrected chi connectivity index (χ0v) is 15.5. The van der Waals surface area contributed by atoms with E-state index in [-0.39, 0.29) is 18.2 Å². The predicted octanol–water partition coefficient (Wildman–Crippen LogP) is 3.41. The molecule has 7 heteroatoms. The van der Waals surface area contributed by atoms with E-state index in [1.54, 1.807) is 0 Å². The summed E-state index contributed by atoms with van der Waals surface area (Å²) in [6, 6.07) is 7.38. The molecule has 1 heterocycles. The summed E-state index contributed by atoms with van der Waals surface area (Å²) in [6.07, 6.45) is 1.11. The Hall–Kier alpha value is -1.34. The zero-order chi connectivity index (χ0) is 16.8. The van der Waals surface area contributed by atoms with E-state index >= 15 is 0 Å². The average Bonchev–Trinajstić information content (AvgIpc) is 2.81. The van der Waals surface area contributed by atoms with Gasteiger partial charge < -0.3 is 10.6 Å². The Morgan fingerprint density at radius 3 is 2.87 bits per heavy atom. The smallest absolute Gasteiger partial charge is 0.240 e. The highest BCUT2D eigenvalue weighted by Crippen LogP contribution is 2.25. The Balaban J connectivity index is 1.87. The van der Waals surface area contributed by atoms with Gasteiger partial charge in [0.25, 0.3) is 0 Å². The second kappa shape index (κ2) is 8.49. The molecule has 2 N–H and O–H groups in total. The Bertz CT molecular complexity index is 619. The number of nitrogens with one attached hydrogen (secondary N) is 2. The molecule has 1 aliphatic rings. The van der Waals surface area contributed by atoms with Crippen LogP contribution in [0.3, 0.4) is 0 Å². The van der Waals surface area contributed by atoms with E-state index in [1.165, 1.54) is 11.8 Å². The van der Waals surface area contributed by atoms with Crippen LogP contribution in [0.1, 0.15) is 26.7 Å². The molecule has 0 saturated carbocycles. The first-order valence-electron chi connectivity index (χ1n) is 7.52. The fourth-order valence-electron chi connectivity index (χ4n) is 1.97. The SMILES string of the molecule is CC(C)CCN=C1NC(=O)[C@@H](CC(=O)Nc2ccccc2Br)S1. The highest BCUT2D eigenvalue weighted by molar-refractivity contribution is 9.10. The van der Waals surface area contributed by atoms with Crippen molar-refractivity contribution >= 4 is 50.4 Å². The molecule has 1 saturated heterocycles. The molecule has 0 radical (unpaired) electrons. The number of thioether (sulfide) groups is 1. The maximum atomic E-state index is 12.1. The second-order valence-electron chi connectivity index (χ2n) is 5.70. The minimum atomic E-state index is -0.421. The number of rotatable bonds is 6. The highest BCUT2D eigenvalue weighted by Gasteiger charge is 2.32. The molecule has 0 aliphatic carbocycles. The van der Waals surface area contributed by atoms with Gasteiger partial charge in [0.1, 0.15) is 5.25 Å². The lowest BCUT2D eigenvalue weighted by molar-refractivity contribution is -0.122. The topological polar surface area (TPSA) is 70.6 Å². The van der Waals surface area contributed by atoms with Crippen LogP contribution >= 0.6 is 27.7 Å². The van der Waals surface area contributed by atoms with Gasteiger partial charge in [-0.15, -0.1) is 0 Å². The van der Waals surface area contributed by atoms with Gasteiger partial charge in [-0.05, 0) is 40.4 Å². The number of amidine groups is 1. The van der Waals surface area contributed by atoms with Gasteiger partial charge >= 0.3 is 0 Å². The molecule has 1 fully saturated rings. The first-order valence-corrected chi connectivity index (χ1v) is 9.19. The Morgan fingerprint density at radius 1 is 1.43 bits per heavy atom. The summed E-state index contributed by atoms with van der Waals surface area (Å²) in [5, 5.41) is 5.75. The third kappa shape index (κ3) is 5.66. The first kappa shape index (κ1) is 18.0. The summed E-state index contributed by atoms with van der Waals surface area (Å²) >= 11 is 4.71. The van der Waals surface area contributed by atoms with Gasteiger partial charge in [0.15, 0.2) is 5.17 Å². The molecule has 1 aromatic carbocycles. The Morgan fingerprint density at radius 2 is 2.17 bits per heavy atom. The zero-order valence-electron chi connectivity index (χ0n) is 13.1. The molecule has 5 nitrogen and oxygen atoms in total. The molecular weight excluding hydrogens is 378 g/mol. The van der Waals surface area contributed by atoms with E-state index in [0.29, 0.717) is 23.3 Å². The van der Waals surface area contributed by atoms with Gasteiger partial charge in [-0.2, -0.15) is 0 Å². The van der Waals surface area contributed by atoms with E-state index in [4.69, 9.17) is 0 Å². The van der Waals surface area contributed by atoms with Gasteiger partial charge in [0.05, 0.1) is 5.69 Å². The van der Waals surface area contributed by atoms with Crippen LogP contribution in [0.4, 0.5) is 5.69 Å². The van der Waals surface area contributed by atoms with Crippen molar-refractivity contribution in [3.05, 3.63) is 28.7 Å². The van der Waals surface area contributed by atoms with Crippen LogP contribution in [0.25, 0.3) is 0 Å². The van der Waals surface area contributed by atoms with E-state index in [9.17, 15) is 9.59 Å². The third-order valence-electron chi connectivity index (χ3n) is 3.26. The molecule has 1 aromatic rings. The minimum Gasteiger partial charge on any atom is -0.325 e. The van der Waals surface area contributed by atoms with Gasteiger partial charge in [-0.25, -0.2) is 0 Å². The van der Waals surface area contributed by atoms with Crippen molar-refractivity contribution in [2.75, 3.05) is 11.9 Å². The standard InChI is InChI=1S/C16H20BrN3O2S/c1-10(2)7-8-18-16-20-15(22)13(23-16)9-14(21)19-12-6-4-3-5-11(12)17/h3-6,10,13H,7-9H2,1-2H3,(H,19,21)(H,18,20,22)/t13-/m1/s1. The number of aliphatic imine (C=N–C) groups is 1. The summed E-state index contributed by atoms with van der Waals surface area (Å²) in [7, 11) is 0. The second-order valence-corrected chi connectivity index (χ2v) is 7.74. The lowest BCUT2D eigenvalue weighted by Gasteiger charge is -2.08. The maximum absolute atomic E-state index is 12.1. The quantitative estimate of drug-likeness (QED) is 0.772. The largest absolute Gasteiger partial charge is 0.325 e. The molecule has 124 valence electrons. The molecule has 0 spiro atoms. The van der Waals surface area contributed by atoms with Crippen molar-refractivity contribution in [3.63, 3.8) is 0 Å². The number of carbonyl (C=O) groups excluding carboxylic acids is 2. The molecule has 23 heavy (non-hydrogen) atoms. The van der Waals surface area contributed by atoms with E-state index in [2.05, 4.69) is 45.4 Å². The van der Waals surface area contributed by atoms with Crippen molar-refractivity contribution in [1.29, 1.82) is 0 Å². The van der Waals surface area contributed by atoms with Gasteiger partial charge in [-0.3, -0.25) is 14.6 Å². The summed E-state index contributed by atoms with van der Waals surface area (Å²) in [5.41, 5.74) is 0.701. The monoisotopic (exact) mass is 397 g/mol. The number of carbonyl (C=O) groups is 2. The van der Waals surface area contributed by atoms with Crippen molar-refractivity contribution < 1.29 is 9.59 Å². The molecule has 0 bridgehead atoms. The van der Waals surface area contributed by atoms with Crippen LogP contribution in [0, 0.1) is 5.92 Å². The molecule has 0 aromatic heterocycles. The molecule has 2 amide bonds. The minimum absolute atomic E-state index is 0.126. The number of hydrogen-bond acceptors (Lipinski definition) is 4. The van der Waals surface area contributed by atoms with Gasteiger partial charge in [0.2, 0.25) is 11.8 Å². The van der Waals surface area contributed by atoms with Gasteiger partial charge in [-0.1, -0.05) is 37.7 Å². The number of amides is 2. The number of benzene rings is 1. The third-order valence-corrected chi connectivity index (χ3v) is 5.07. The summed E-state index contributed by atoms with van der Waals surface area (Å²) in [6.45, 7) is 4.96. The van der Waals surface area contributed by atoms with E-state index in [0.717, 1.165) is 10.9 Å². The van der Waals surface area contributed by atoms with Crippen LogP contribution < -0.4 is 10.6 Å². The number of anilines is 1. The van der Waals surface area contributed by atoms with Crippen LogP contribution in [-0.4, -0.2) is 28.8 Å². The molecule has 2 rings (SSSR count). The fraction of sp³-hybridized carbons (Fsp3) is 0.438. The number of para-hydroxylation sites is 1. The number of halogens is 1.